The van der Waals surface area contributed by atoms with Crippen LogP contribution >= 0.6 is 11.6 Å². The van der Waals surface area contributed by atoms with Crippen LogP contribution in [-0.2, 0) is 16.2 Å². The van der Waals surface area contributed by atoms with E-state index in [1.54, 1.807) is 30.6 Å². The number of hydrogen-bond acceptors (Lipinski definition) is 4. The number of carbonyl (C=O) groups is 2. The van der Waals surface area contributed by atoms with E-state index in [0.29, 0.717) is 22.0 Å². The van der Waals surface area contributed by atoms with Crippen LogP contribution in [0.4, 0.5) is 5.69 Å². The minimum Gasteiger partial charge on any atom is -0.488 e. The molecule has 0 bridgehead atoms. The van der Waals surface area contributed by atoms with Crippen molar-refractivity contribution in [3.63, 3.8) is 0 Å². The van der Waals surface area contributed by atoms with Crippen LogP contribution in [0, 0.1) is 0 Å². The highest BCUT2D eigenvalue weighted by Gasteiger charge is 2.20. The smallest absolute Gasteiger partial charge is 0.230 e. The van der Waals surface area contributed by atoms with Crippen molar-refractivity contribution in [3.05, 3.63) is 65.4 Å². The highest BCUT2D eigenvalue weighted by atomic mass is 35.5. The number of rotatable bonds is 4. The molecule has 0 atom stereocenters. The second-order valence-corrected chi connectivity index (χ2v) is 6.14. The third kappa shape index (κ3) is 3.53. The molecular formula is C20H17ClN2O3. The van der Waals surface area contributed by atoms with Gasteiger partial charge in [0.05, 0.1) is 10.7 Å². The van der Waals surface area contributed by atoms with Crippen molar-refractivity contribution < 1.29 is 14.3 Å². The van der Waals surface area contributed by atoms with Gasteiger partial charge in [-0.25, -0.2) is 4.90 Å². The van der Waals surface area contributed by atoms with E-state index in [0.717, 1.165) is 15.7 Å². The third-order valence-corrected chi connectivity index (χ3v) is 4.39. The number of ether oxygens (including phenoxy) is 1. The topological polar surface area (TPSA) is 59.5 Å². The summed E-state index contributed by atoms with van der Waals surface area (Å²) in [6, 6.07) is 12.8. The fraction of sp³-hybridized carbons (Fsp3) is 0.150. The highest BCUT2D eigenvalue weighted by molar-refractivity contribution is 6.35. The molecule has 0 fully saturated rings. The number of carbonyl (C=O) groups excluding carboxylic acids is 2. The van der Waals surface area contributed by atoms with E-state index < -0.39 is 0 Å². The molecule has 0 spiro atoms. The quantitative estimate of drug-likeness (QED) is 0.686. The van der Waals surface area contributed by atoms with E-state index in [2.05, 4.69) is 4.98 Å². The molecule has 2 amide bonds. The number of fused-ring (bicyclic) bond motifs is 1. The van der Waals surface area contributed by atoms with Gasteiger partial charge in [0.15, 0.2) is 0 Å². The lowest BCUT2D eigenvalue weighted by molar-refractivity contribution is -0.124. The Bertz CT molecular complexity index is 968. The molecule has 3 aromatic rings. The number of hydrogen-bond donors (Lipinski definition) is 0. The van der Waals surface area contributed by atoms with Gasteiger partial charge in [0.2, 0.25) is 11.8 Å². The van der Waals surface area contributed by atoms with Crippen LogP contribution in [0.5, 0.6) is 5.75 Å². The molecule has 2 aromatic carbocycles. The summed E-state index contributed by atoms with van der Waals surface area (Å²) in [6.45, 7) is 2.86. The minimum atomic E-state index is -0.390. The van der Waals surface area contributed by atoms with Gasteiger partial charge in [-0.05, 0) is 18.2 Å². The van der Waals surface area contributed by atoms with Gasteiger partial charge in [-0.1, -0.05) is 35.9 Å². The minimum absolute atomic E-state index is 0.206. The number of halogens is 1. The number of imide groups is 1. The maximum absolute atomic E-state index is 11.8. The molecule has 0 aliphatic carbocycles. The SMILES string of the molecule is CC(=O)N(C(C)=O)c1cccc(COc2cccc3cnccc23)c1Cl. The second kappa shape index (κ2) is 7.54. The summed E-state index contributed by atoms with van der Waals surface area (Å²) in [6.07, 6.45) is 3.48. The Balaban J connectivity index is 1.90. The molecule has 5 nitrogen and oxygen atoms in total. The summed E-state index contributed by atoms with van der Waals surface area (Å²) in [5.74, 6) is -0.0700. The molecule has 0 radical (unpaired) electrons. The van der Waals surface area contributed by atoms with Crippen LogP contribution < -0.4 is 9.64 Å². The van der Waals surface area contributed by atoms with E-state index in [-0.39, 0.29) is 18.4 Å². The summed E-state index contributed by atoms with van der Waals surface area (Å²) in [5.41, 5.74) is 1.04. The maximum Gasteiger partial charge on any atom is 0.230 e. The van der Waals surface area contributed by atoms with E-state index >= 15 is 0 Å². The monoisotopic (exact) mass is 368 g/mol. The van der Waals surface area contributed by atoms with Gasteiger partial charge in [0, 0.05) is 42.6 Å². The van der Waals surface area contributed by atoms with Crippen molar-refractivity contribution in [2.24, 2.45) is 0 Å². The zero-order valence-corrected chi connectivity index (χ0v) is 15.2. The predicted molar refractivity (Wildman–Crippen MR) is 101 cm³/mol. The highest BCUT2D eigenvalue weighted by Crippen LogP contribution is 2.31. The molecule has 0 N–H and O–H groups in total. The van der Waals surface area contributed by atoms with Gasteiger partial charge in [0.25, 0.3) is 0 Å². The summed E-state index contributed by atoms with van der Waals surface area (Å²) in [4.78, 5) is 28.7. The van der Waals surface area contributed by atoms with Gasteiger partial charge in [-0.15, -0.1) is 0 Å². The molecule has 0 aliphatic heterocycles. The van der Waals surface area contributed by atoms with Gasteiger partial charge in [-0.2, -0.15) is 0 Å². The van der Waals surface area contributed by atoms with Crippen LogP contribution in [-0.4, -0.2) is 16.8 Å². The lowest BCUT2D eigenvalue weighted by Gasteiger charge is -2.20. The average Bonchev–Trinajstić information content (AvgIpc) is 2.61. The number of benzene rings is 2. The van der Waals surface area contributed by atoms with Crippen molar-refractivity contribution >= 4 is 39.9 Å². The largest absolute Gasteiger partial charge is 0.488 e. The number of pyridine rings is 1. The summed E-state index contributed by atoms with van der Waals surface area (Å²) in [5, 5.41) is 2.24. The zero-order valence-electron chi connectivity index (χ0n) is 14.4. The fourth-order valence-electron chi connectivity index (χ4n) is 2.79. The fourth-order valence-corrected chi connectivity index (χ4v) is 3.05. The molecule has 1 heterocycles. The van der Waals surface area contributed by atoms with E-state index in [1.165, 1.54) is 13.8 Å². The summed E-state index contributed by atoms with van der Waals surface area (Å²) in [7, 11) is 0. The van der Waals surface area contributed by atoms with Crippen molar-refractivity contribution in [1.29, 1.82) is 0 Å². The maximum atomic E-state index is 11.8. The Kier molecular flexibility index (Phi) is 5.19. The average molecular weight is 369 g/mol. The molecule has 3 rings (SSSR count). The van der Waals surface area contributed by atoms with Crippen LogP contribution in [0.2, 0.25) is 5.02 Å². The van der Waals surface area contributed by atoms with Crippen LogP contribution in [0.15, 0.2) is 54.9 Å². The molecule has 1 aromatic heterocycles. The lowest BCUT2D eigenvalue weighted by Crippen LogP contribution is -2.33. The van der Waals surface area contributed by atoms with Gasteiger partial charge < -0.3 is 4.74 Å². The zero-order chi connectivity index (χ0) is 18.7. The van der Waals surface area contributed by atoms with Crippen LogP contribution in [0.1, 0.15) is 19.4 Å². The summed E-state index contributed by atoms with van der Waals surface area (Å²) >= 11 is 6.44. The van der Waals surface area contributed by atoms with E-state index in [4.69, 9.17) is 16.3 Å². The number of anilines is 1. The normalized spacial score (nSPS) is 10.6. The Hall–Kier alpha value is -2.92. The number of aromatic nitrogens is 1. The molecule has 0 saturated carbocycles. The first kappa shape index (κ1) is 17.9. The first-order valence-electron chi connectivity index (χ1n) is 8.03. The number of nitrogens with zero attached hydrogens (tertiary/aromatic N) is 2. The molecule has 132 valence electrons. The number of amides is 2. The molecule has 0 saturated heterocycles. The molecular weight excluding hydrogens is 352 g/mol. The molecule has 0 aliphatic rings. The Morgan fingerprint density at radius 2 is 1.81 bits per heavy atom. The van der Waals surface area contributed by atoms with Gasteiger partial charge in [-0.3, -0.25) is 14.6 Å². The predicted octanol–water partition coefficient (Wildman–Crippen LogP) is 4.37. The van der Waals surface area contributed by atoms with Crippen LogP contribution in [0.3, 0.4) is 0 Å². The second-order valence-electron chi connectivity index (χ2n) is 5.77. The van der Waals surface area contributed by atoms with Crippen LogP contribution in [0.25, 0.3) is 10.8 Å². The Labute approximate surface area is 156 Å². The lowest BCUT2D eigenvalue weighted by atomic mass is 10.1. The first-order chi connectivity index (χ1) is 12.5. The van der Waals surface area contributed by atoms with Crippen molar-refractivity contribution in [1.82, 2.24) is 4.98 Å². The Morgan fingerprint density at radius 3 is 2.54 bits per heavy atom. The van der Waals surface area contributed by atoms with Crippen molar-refractivity contribution in [2.75, 3.05) is 4.90 Å². The Morgan fingerprint density at radius 1 is 1.08 bits per heavy atom. The molecule has 26 heavy (non-hydrogen) atoms. The summed E-state index contributed by atoms with van der Waals surface area (Å²) < 4.78 is 5.94. The van der Waals surface area contributed by atoms with E-state index in [1.807, 2.05) is 24.3 Å². The standard InChI is InChI=1S/C20H17ClN2O3/c1-13(24)23(14(2)25)18-7-3-6-16(20(18)21)12-26-19-8-4-5-15-11-22-10-9-17(15)19/h3-11H,12H2,1-2H3. The molecule has 0 unspecified atom stereocenters. The van der Waals surface area contributed by atoms with E-state index in [9.17, 15) is 9.59 Å². The third-order valence-electron chi connectivity index (χ3n) is 3.95. The first-order valence-corrected chi connectivity index (χ1v) is 8.41. The van der Waals surface area contributed by atoms with Gasteiger partial charge >= 0.3 is 0 Å². The van der Waals surface area contributed by atoms with Crippen molar-refractivity contribution in [2.45, 2.75) is 20.5 Å². The van der Waals surface area contributed by atoms with Crippen molar-refractivity contribution in [3.8, 4) is 5.75 Å². The van der Waals surface area contributed by atoms with Gasteiger partial charge in [0.1, 0.15) is 12.4 Å². The molecule has 6 heteroatoms.